The van der Waals surface area contributed by atoms with Crippen molar-refractivity contribution in [1.82, 2.24) is 0 Å². The summed E-state index contributed by atoms with van der Waals surface area (Å²) in [5.41, 5.74) is 1.04. The second kappa shape index (κ2) is 4.42. The maximum absolute atomic E-state index is 11.7. The Labute approximate surface area is 108 Å². The summed E-state index contributed by atoms with van der Waals surface area (Å²) in [4.78, 5) is 33.9. The molecule has 0 spiro atoms. The molecule has 0 saturated carbocycles. The molecule has 1 heterocycles. The third kappa shape index (κ3) is 2.09. The lowest BCUT2D eigenvalue weighted by Crippen LogP contribution is -2.13. The number of rotatable bonds is 3. The molecule has 0 aromatic heterocycles. The number of carbonyl (C=O) groups is 3. The maximum atomic E-state index is 11.7. The van der Waals surface area contributed by atoms with Gasteiger partial charge in [-0.3, -0.25) is 14.4 Å². The van der Waals surface area contributed by atoms with E-state index in [0.717, 1.165) is 0 Å². The predicted molar refractivity (Wildman–Crippen MR) is 65.0 cm³/mol. The monoisotopic (exact) mass is 267 g/mol. The van der Waals surface area contributed by atoms with E-state index in [1.165, 1.54) is 19.1 Å². The van der Waals surface area contributed by atoms with Crippen LogP contribution in [0.15, 0.2) is 12.1 Å². The van der Waals surface area contributed by atoms with Gasteiger partial charge >= 0.3 is 0 Å². The van der Waals surface area contributed by atoms with Gasteiger partial charge in [0.05, 0.1) is 11.5 Å². The van der Waals surface area contributed by atoms with E-state index < -0.39 is 11.2 Å². The van der Waals surface area contributed by atoms with Crippen LogP contribution < -0.4 is 5.32 Å². The zero-order valence-electron chi connectivity index (χ0n) is 9.49. The molecule has 0 bridgehead atoms. The number of benzene rings is 1. The number of phenols is 1. The van der Waals surface area contributed by atoms with Crippen LogP contribution in [-0.2, 0) is 9.59 Å². The van der Waals surface area contributed by atoms with Gasteiger partial charge in [-0.1, -0.05) is 0 Å². The van der Waals surface area contributed by atoms with Gasteiger partial charge in [0.25, 0.3) is 0 Å². The summed E-state index contributed by atoms with van der Waals surface area (Å²) in [5.74, 6) is -1.58. The van der Waals surface area contributed by atoms with Crippen molar-refractivity contribution in [3.63, 3.8) is 0 Å². The highest BCUT2D eigenvalue weighted by Crippen LogP contribution is 2.39. The number of halogens is 1. The molecule has 6 heteroatoms. The molecule has 1 aliphatic rings. The number of fused-ring (bicyclic) bond motifs is 1. The van der Waals surface area contributed by atoms with Crippen LogP contribution in [-0.4, -0.2) is 22.0 Å². The molecule has 2 N–H and O–H groups in total. The van der Waals surface area contributed by atoms with Crippen molar-refractivity contribution in [3.8, 4) is 5.75 Å². The van der Waals surface area contributed by atoms with Crippen molar-refractivity contribution in [2.45, 2.75) is 19.3 Å². The Morgan fingerprint density at radius 2 is 2.11 bits per heavy atom. The first-order valence-corrected chi connectivity index (χ1v) is 5.65. The van der Waals surface area contributed by atoms with Crippen molar-refractivity contribution in [2.75, 3.05) is 5.32 Å². The van der Waals surface area contributed by atoms with E-state index >= 15 is 0 Å². The summed E-state index contributed by atoms with van der Waals surface area (Å²) >= 11 is 5.29. The summed E-state index contributed by atoms with van der Waals surface area (Å²) in [5, 5.41) is 11.5. The highest BCUT2D eigenvalue weighted by molar-refractivity contribution is 6.63. The summed E-state index contributed by atoms with van der Waals surface area (Å²) in [6.07, 6.45) is -0.136. The molecule has 0 aliphatic carbocycles. The number of amides is 1. The van der Waals surface area contributed by atoms with Crippen LogP contribution in [0.1, 0.15) is 35.2 Å². The summed E-state index contributed by atoms with van der Waals surface area (Å²) in [6, 6.07) is 2.73. The maximum Gasteiger partial charge on any atom is 0.232 e. The highest BCUT2D eigenvalue weighted by atomic mass is 35.5. The van der Waals surface area contributed by atoms with Crippen LogP contribution in [0.5, 0.6) is 5.75 Å². The molecule has 0 saturated heterocycles. The SMILES string of the molecule is CC(=O)c1cc2c(cc1O)NC(=O)C2CC(=O)Cl. The molecule has 5 nitrogen and oxygen atoms in total. The minimum absolute atomic E-state index is 0.122. The van der Waals surface area contributed by atoms with Crippen LogP contribution in [0.4, 0.5) is 5.69 Å². The van der Waals surface area contributed by atoms with Crippen molar-refractivity contribution in [3.05, 3.63) is 23.3 Å². The van der Waals surface area contributed by atoms with Gasteiger partial charge in [-0.25, -0.2) is 0 Å². The van der Waals surface area contributed by atoms with Crippen LogP contribution in [0, 0.1) is 0 Å². The first kappa shape index (κ1) is 12.6. The lowest BCUT2D eigenvalue weighted by atomic mass is 9.95. The second-order valence-corrected chi connectivity index (χ2v) is 4.54. The lowest BCUT2D eigenvalue weighted by Gasteiger charge is -2.08. The van der Waals surface area contributed by atoms with E-state index in [-0.39, 0.29) is 29.4 Å². The Morgan fingerprint density at radius 3 is 2.67 bits per heavy atom. The molecular formula is C12H10ClNO4. The third-order valence-corrected chi connectivity index (χ3v) is 3.02. The topological polar surface area (TPSA) is 83.5 Å². The molecule has 0 fully saturated rings. The van der Waals surface area contributed by atoms with Gasteiger partial charge in [0.2, 0.25) is 11.1 Å². The average Bonchev–Trinajstić information content (AvgIpc) is 2.52. The molecule has 2 rings (SSSR count). The summed E-state index contributed by atoms with van der Waals surface area (Å²) < 4.78 is 0. The van der Waals surface area contributed by atoms with Gasteiger partial charge in [-0.2, -0.15) is 0 Å². The summed E-state index contributed by atoms with van der Waals surface area (Å²) in [7, 11) is 0. The average molecular weight is 268 g/mol. The standard InChI is InChI=1S/C12H10ClNO4/c1-5(15)6-2-7-8(3-11(13)17)12(18)14-9(7)4-10(6)16/h2,4,8,16H,3H2,1H3,(H,14,18). The third-order valence-electron chi connectivity index (χ3n) is 2.86. The van der Waals surface area contributed by atoms with Gasteiger partial charge in [-0.05, 0) is 30.2 Å². The van der Waals surface area contributed by atoms with Crippen LogP contribution in [0.25, 0.3) is 0 Å². The molecule has 1 unspecified atom stereocenters. The number of anilines is 1. The van der Waals surface area contributed by atoms with Crippen molar-refractivity contribution < 1.29 is 19.5 Å². The van der Waals surface area contributed by atoms with E-state index in [1.807, 2.05) is 0 Å². The van der Waals surface area contributed by atoms with E-state index in [4.69, 9.17) is 11.6 Å². The van der Waals surface area contributed by atoms with E-state index in [0.29, 0.717) is 11.3 Å². The number of carbonyl (C=O) groups excluding carboxylic acids is 3. The minimum Gasteiger partial charge on any atom is -0.507 e. The molecule has 18 heavy (non-hydrogen) atoms. The number of hydrogen-bond donors (Lipinski definition) is 2. The number of nitrogens with one attached hydrogen (secondary N) is 1. The molecule has 1 aromatic rings. The Balaban J connectivity index is 2.50. The minimum atomic E-state index is -0.705. The first-order chi connectivity index (χ1) is 8.40. The molecule has 1 atom stereocenters. The van der Waals surface area contributed by atoms with E-state index in [9.17, 15) is 19.5 Å². The highest BCUT2D eigenvalue weighted by Gasteiger charge is 2.33. The van der Waals surface area contributed by atoms with Crippen LogP contribution >= 0.6 is 11.6 Å². The second-order valence-electron chi connectivity index (χ2n) is 4.11. The Bertz CT molecular complexity index is 567. The molecule has 94 valence electrons. The van der Waals surface area contributed by atoms with E-state index in [2.05, 4.69) is 5.32 Å². The van der Waals surface area contributed by atoms with Crippen molar-refractivity contribution in [2.24, 2.45) is 0 Å². The zero-order valence-corrected chi connectivity index (χ0v) is 10.2. The Kier molecular flexibility index (Phi) is 3.09. The summed E-state index contributed by atoms with van der Waals surface area (Å²) in [6.45, 7) is 1.31. The predicted octanol–water partition coefficient (Wildman–Crippen LogP) is 1.79. The molecule has 1 aromatic carbocycles. The van der Waals surface area contributed by atoms with Gasteiger partial charge < -0.3 is 10.4 Å². The van der Waals surface area contributed by atoms with Gasteiger partial charge in [-0.15, -0.1) is 0 Å². The zero-order chi connectivity index (χ0) is 13.4. The number of hydrogen-bond acceptors (Lipinski definition) is 4. The number of Topliss-reactive ketones (excluding diaryl/α,β-unsaturated/α-hetero) is 1. The van der Waals surface area contributed by atoms with Gasteiger partial charge in [0, 0.05) is 18.2 Å². The normalized spacial score (nSPS) is 17.2. The largest absolute Gasteiger partial charge is 0.507 e. The fourth-order valence-electron chi connectivity index (χ4n) is 2.01. The number of phenolic OH excluding ortho intramolecular Hbond substituents is 1. The van der Waals surface area contributed by atoms with Crippen molar-refractivity contribution >= 4 is 34.2 Å². The molecular weight excluding hydrogens is 258 g/mol. The van der Waals surface area contributed by atoms with Crippen molar-refractivity contribution in [1.29, 1.82) is 0 Å². The molecule has 0 radical (unpaired) electrons. The lowest BCUT2D eigenvalue weighted by molar-refractivity contribution is -0.120. The van der Waals surface area contributed by atoms with Gasteiger partial charge in [0.1, 0.15) is 5.75 Å². The van der Waals surface area contributed by atoms with Gasteiger partial charge in [0.15, 0.2) is 5.78 Å². The fraction of sp³-hybridized carbons (Fsp3) is 0.250. The number of aromatic hydroxyl groups is 1. The van der Waals surface area contributed by atoms with Crippen LogP contribution in [0.3, 0.4) is 0 Å². The Hall–Kier alpha value is -1.88. The fourth-order valence-corrected chi connectivity index (χ4v) is 2.16. The Morgan fingerprint density at radius 1 is 1.44 bits per heavy atom. The van der Waals surface area contributed by atoms with Crippen LogP contribution in [0.2, 0.25) is 0 Å². The quantitative estimate of drug-likeness (QED) is 0.646. The number of ketones is 1. The molecule has 1 amide bonds. The smallest absolute Gasteiger partial charge is 0.232 e. The van der Waals surface area contributed by atoms with E-state index in [1.54, 1.807) is 0 Å². The molecule has 1 aliphatic heterocycles. The first-order valence-electron chi connectivity index (χ1n) is 5.27.